The number of aromatic nitrogens is 1. The highest BCUT2D eigenvalue weighted by Crippen LogP contribution is 2.30. The molecule has 7 heteroatoms. The van der Waals surface area contributed by atoms with Crippen molar-refractivity contribution >= 4 is 17.2 Å². The normalized spacial score (nSPS) is 19.9. The van der Waals surface area contributed by atoms with E-state index in [0.717, 1.165) is 29.9 Å². The molecular weight excluding hydrogens is 256 g/mol. The average molecular weight is 271 g/mol. The smallest absolute Gasteiger partial charge is 0.353 e. The number of piperidine rings is 1. The van der Waals surface area contributed by atoms with Crippen LogP contribution in [0.2, 0.25) is 0 Å². The van der Waals surface area contributed by atoms with Gasteiger partial charge in [0.25, 0.3) is 0 Å². The molecule has 6 nitrogen and oxygen atoms in total. The predicted molar refractivity (Wildman–Crippen MR) is 65.2 cm³/mol. The van der Waals surface area contributed by atoms with Crippen LogP contribution in [-0.2, 0) is 11.3 Å². The summed E-state index contributed by atoms with van der Waals surface area (Å²) in [4.78, 5) is 13.4. The first-order valence-corrected chi connectivity index (χ1v) is 6.76. The second-order valence-corrected chi connectivity index (χ2v) is 5.37. The monoisotopic (exact) mass is 271 g/mol. The third kappa shape index (κ3) is 2.47. The Morgan fingerprint density at radius 2 is 2.11 bits per heavy atom. The van der Waals surface area contributed by atoms with Crippen molar-refractivity contribution in [1.82, 2.24) is 8.87 Å². The number of hydrogen-bond donors (Lipinski definition) is 1. The van der Waals surface area contributed by atoms with Crippen molar-refractivity contribution in [1.29, 1.82) is 0 Å². The minimum Gasteiger partial charge on any atom is -0.755 e. The quantitative estimate of drug-likeness (QED) is 0.815. The molecule has 1 unspecified atom stereocenters. The second-order valence-electron chi connectivity index (χ2n) is 4.55. The van der Waals surface area contributed by atoms with Gasteiger partial charge in [0.15, 0.2) is 0 Å². The molecule has 18 heavy (non-hydrogen) atoms. The van der Waals surface area contributed by atoms with E-state index >= 15 is 0 Å². The van der Waals surface area contributed by atoms with Crippen LogP contribution >= 0.6 is 0 Å². The first-order valence-electron chi connectivity index (χ1n) is 5.73. The van der Waals surface area contributed by atoms with E-state index in [1.807, 2.05) is 7.05 Å². The van der Waals surface area contributed by atoms with Crippen LogP contribution in [0.5, 0.6) is 0 Å². The molecule has 1 aromatic heterocycles. The van der Waals surface area contributed by atoms with E-state index in [1.54, 1.807) is 6.07 Å². The Balaban J connectivity index is 2.33. The molecular formula is C11H15N2O4S-. The summed E-state index contributed by atoms with van der Waals surface area (Å²) in [5.74, 6) is -1.07. The molecule has 0 bridgehead atoms. The lowest BCUT2D eigenvalue weighted by atomic mass is 9.89. The largest absolute Gasteiger partial charge is 0.755 e. The fourth-order valence-electron chi connectivity index (χ4n) is 2.42. The van der Waals surface area contributed by atoms with Gasteiger partial charge in [0.1, 0.15) is 5.69 Å². The Morgan fingerprint density at radius 1 is 1.50 bits per heavy atom. The maximum absolute atomic E-state index is 11.2. The molecule has 1 fully saturated rings. The average Bonchev–Trinajstić information content (AvgIpc) is 2.74. The summed E-state index contributed by atoms with van der Waals surface area (Å²) in [7, 11) is 2.02. The zero-order valence-electron chi connectivity index (χ0n) is 10.0. The van der Waals surface area contributed by atoms with Crippen LogP contribution in [0, 0.1) is 0 Å². The van der Waals surface area contributed by atoms with E-state index in [-0.39, 0.29) is 11.6 Å². The molecule has 2 rings (SSSR count). The molecule has 0 amide bonds. The molecule has 0 saturated carbocycles. The zero-order valence-corrected chi connectivity index (χ0v) is 10.9. The molecule has 100 valence electrons. The van der Waals surface area contributed by atoms with Crippen molar-refractivity contribution in [2.45, 2.75) is 18.8 Å². The van der Waals surface area contributed by atoms with Gasteiger partial charge in [0, 0.05) is 6.20 Å². The summed E-state index contributed by atoms with van der Waals surface area (Å²) < 4.78 is 22.7. The summed E-state index contributed by atoms with van der Waals surface area (Å²) in [6, 6.07) is 1.61. The molecule has 0 radical (unpaired) electrons. The summed E-state index contributed by atoms with van der Waals surface area (Å²) >= 11 is -2.58. The highest BCUT2D eigenvalue weighted by atomic mass is 32.2. The van der Waals surface area contributed by atoms with E-state index < -0.39 is 17.2 Å². The van der Waals surface area contributed by atoms with Crippen LogP contribution in [0.25, 0.3) is 0 Å². The van der Waals surface area contributed by atoms with Crippen molar-refractivity contribution in [2.75, 3.05) is 20.1 Å². The molecule has 1 aliphatic rings. The number of hydrogen-bond acceptors (Lipinski definition) is 4. The molecule has 1 aromatic rings. The predicted octanol–water partition coefficient (Wildman–Crippen LogP) is 0.638. The number of carbonyl (C=O) groups is 1. The number of carboxylic acid groups (broad SMARTS) is 1. The van der Waals surface area contributed by atoms with Crippen molar-refractivity contribution in [3.8, 4) is 0 Å². The fraction of sp³-hybridized carbons (Fsp3) is 0.545. The first-order chi connectivity index (χ1) is 8.50. The third-order valence-electron chi connectivity index (χ3n) is 3.40. The maximum atomic E-state index is 11.2. The number of rotatable bonds is 3. The summed E-state index contributed by atoms with van der Waals surface area (Å²) in [6.07, 6.45) is 3.01. The van der Waals surface area contributed by atoms with E-state index in [9.17, 15) is 13.6 Å². The van der Waals surface area contributed by atoms with Crippen LogP contribution in [0.1, 0.15) is 34.8 Å². The lowest BCUT2D eigenvalue weighted by Crippen LogP contribution is -2.29. The van der Waals surface area contributed by atoms with Gasteiger partial charge >= 0.3 is 5.97 Å². The molecule has 1 atom stereocenters. The van der Waals surface area contributed by atoms with Crippen LogP contribution in [-0.4, -0.2) is 48.8 Å². The molecule has 2 heterocycles. The Labute approximate surface area is 108 Å². The second kappa shape index (κ2) is 5.21. The van der Waals surface area contributed by atoms with Crippen LogP contribution in [0.4, 0.5) is 0 Å². The highest BCUT2D eigenvalue weighted by Gasteiger charge is 2.26. The van der Waals surface area contributed by atoms with E-state index in [1.165, 1.54) is 6.20 Å². The maximum Gasteiger partial charge on any atom is 0.353 e. The molecule has 0 aromatic carbocycles. The zero-order chi connectivity index (χ0) is 13.3. The van der Waals surface area contributed by atoms with Gasteiger partial charge in [-0.05, 0) is 50.5 Å². The van der Waals surface area contributed by atoms with Crippen molar-refractivity contribution in [3.05, 3.63) is 23.5 Å². The minimum absolute atomic E-state index is 0.122. The van der Waals surface area contributed by atoms with E-state index in [0.29, 0.717) is 5.56 Å². The number of likely N-dealkylation sites (tertiary alicyclic amines) is 1. The minimum atomic E-state index is -2.58. The van der Waals surface area contributed by atoms with Gasteiger partial charge in [-0.15, -0.1) is 0 Å². The van der Waals surface area contributed by atoms with Gasteiger partial charge in [-0.2, -0.15) is 0 Å². The molecule has 0 spiro atoms. The number of aromatic carboxylic acids is 1. The molecule has 0 aliphatic carbocycles. The highest BCUT2D eigenvalue weighted by molar-refractivity contribution is 7.77. The van der Waals surface area contributed by atoms with Gasteiger partial charge in [-0.1, -0.05) is 0 Å². The molecule has 1 saturated heterocycles. The van der Waals surface area contributed by atoms with E-state index in [4.69, 9.17) is 5.11 Å². The van der Waals surface area contributed by atoms with Gasteiger partial charge in [0.2, 0.25) is 0 Å². The summed E-state index contributed by atoms with van der Waals surface area (Å²) in [5.41, 5.74) is 0.498. The lowest BCUT2D eigenvalue weighted by Gasteiger charge is -2.29. The number of carboxylic acids is 1. The lowest BCUT2D eigenvalue weighted by molar-refractivity contribution is 0.0686. The Morgan fingerprint density at radius 3 is 2.61 bits per heavy atom. The standard InChI is InChI=1S/C11H16N2O4S/c1-12-5-2-8(3-6-12)9-4-7-13(18(16)17)10(9)11(14)15/h4,7-8H,2-3,5-6H2,1H3,(H,14,15)(H,16,17)/p-1. The van der Waals surface area contributed by atoms with Crippen molar-refractivity contribution in [2.24, 2.45) is 0 Å². The third-order valence-corrected chi connectivity index (χ3v) is 4.03. The topological polar surface area (TPSA) is 85.6 Å². The first kappa shape index (κ1) is 13.3. The van der Waals surface area contributed by atoms with Gasteiger partial charge in [-0.3, -0.25) is 8.18 Å². The van der Waals surface area contributed by atoms with E-state index in [2.05, 4.69) is 4.90 Å². The summed E-state index contributed by atoms with van der Waals surface area (Å²) in [5, 5.41) is 9.16. The fourth-order valence-corrected chi connectivity index (χ4v) is 2.91. The number of nitrogens with zero attached hydrogens (tertiary/aromatic N) is 2. The Bertz CT molecular complexity index is 477. The SMILES string of the molecule is CN1CCC(c2ccn(S(=O)[O-])c2C(=O)O)CC1. The Hall–Kier alpha value is -1.18. The van der Waals surface area contributed by atoms with Gasteiger partial charge < -0.3 is 14.6 Å². The van der Waals surface area contributed by atoms with Crippen LogP contribution < -0.4 is 0 Å². The van der Waals surface area contributed by atoms with Gasteiger partial charge in [0.05, 0.1) is 11.3 Å². The summed E-state index contributed by atoms with van der Waals surface area (Å²) in [6.45, 7) is 1.80. The Kier molecular flexibility index (Phi) is 3.84. The molecule has 1 aliphatic heterocycles. The van der Waals surface area contributed by atoms with Gasteiger partial charge in [-0.25, -0.2) is 4.79 Å². The van der Waals surface area contributed by atoms with Crippen molar-refractivity contribution in [3.63, 3.8) is 0 Å². The van der Waals surface area contributed by atoms with Crippen LogP contribution in [0.15, 0.2) is 12.3 Å². The van der Waals surface area contributed by atoms with Crippen molar-refractivity contribution < 1.29 is 18.7 Å². The van der Waals surface area contributed by atoms with Crippen LogP contribution in [0.3, 0.4) is 0 Å². The molecule has 1 N–H and O–H groups in total.